The second-order valence-corrected chi connectivity index (χ2v) is 6.74. The van der Waals surface area contributed by atoms with E-state index in [9.17, 15) is 4.79 Å². The van der Waals surface area contributed by atoms with Crippen LogP contribution in [0.15, 0.2) is 59.4 Å². The van der Waals surface area contributed by atoms with Gasteiger partial charge >= 0.3 is 0 Å². The fourth-order valence-electron chi connectivity index (χ4n) is 3.27. The maximum absolute atomic E-state index is 13.0. The first-order chi connectivity index (χ1) is 10.4. The van der Waals surface area contributed by atoms with Crippen molar-refractivity contribution in [1.29, 1.82) is 0 Å². The summed E-state index contributed by atoms with van der Waals surface area (Å²) >= 11 is 0. The second kappa shape index (κ2) is 5.13. The van der Waals surface area contributed by atoms with Gasteiger partial charge in [-0.3, -0.25) is 9.36 Å². The Kier molecular flexibility index (Phi) is 3.40. The van der Waals surface area contributed by atoms with Gasteiger partial charge in [0.25, 0.3) is 5.56 Å². The highest BCUT2D eigenvalue weighted by atomic mass is 16.1. The molecule has 0 N–H and O–H groups in total. The van der Waals surface area contributed by atoms with Crippen LogP contribution in [-0.4, -0.2) is 4.57 Å². The number of hydrogen-bond donors (Lipinski definition) is 0. The summed E-state index contributed by atoms with van der Waals surface area (Å²) in [6, 6.07) is 18.0. The van der Waals surface area contributed by atoms with Gasteiger partial charge in [0.2, 0.25) is 0 Å². The molecule has 0 fully saturated rings. The molecule has 0 aliphatic rings. The molecule has 0 saturated carbocycles. The fourth-order valence-corrected chi connectivity index (χ4v) is 3.27. The highest BCUT2D eigenvalue weighted by Crippen LogP contribution is 2.32. The highest BCUT2D eigenvalue weighted by molar-refractivity contribution is 5.86. The minimum absolute atomic E-state index is 0.0647. The molecule has 0 spiro atoms. The van der Waals surface area contributed by atoms with Gasteiger partial charge in [-0.2, -0.15) is 0 Å². The van der Waals surface area contributed by atoms with Crippen LogP contribution >= 0.6 is 0 Å². The molecule has 0 bridgehead atoms. The Labute approximate surface area is 131 Å². The van der Waals surface area contributed by atoms with Crippen LogP contribution in [0, 0.1) is 6.92 Å². The molecule has 3 rings (SSSR count). The van der Waals surface area contributed by atoms with Crippen molar-refractivity contribution >= 4 is 10.9 Å². The van der Waals surface area contributed by atoms with Crippen molar-refractivity contribution < 1.29 is 0 Å². The van der Waals surface area contributed by atoms with E-state index in [2.05, 4.69) is 26.8 Å². The Balaban J connectivity index is 2.52. The molecule has 0 aliphatic heterocycles. The molecule has 112 valence electrons. The zero-order chi connectivity index (χ0) is 15.9. The van der Waals surface area contributed by atoms with Gasteiger partial charge in [0, 0.05) is 16.6 Å². The molecule has 0 radical (unpaired) electrons. The van der Waals surface area contributed by atoms with Crippen LogP contribution < -0.4 is 5.56 Å². The maximum atomic E-state index is 13.0. The van der Waals surface area contributed by atoms with Gasteiger partial charge in [-0.05, 0) is 36.1 Å². The van der Waals surface area contributed by atoms with E-state index in [-0.39, 0.29) is 11.0 Å². The summed E-state index contributed by atoms with van der Waals surface area (Å²) in [5.74, 6) is 0. The molecule has 1 aromatic heterocycles. The van der Waals surface area contributed by atoms with Gasteiger partial charge in [-0.15, -0.1) is 0 Å². The Bertz CT molecular complexity index is 883. The van der Waals surface area contributed by atoms with Gasteiger partial charge in [0.1, 0.15) is 0 Å². The van der Waals surface area contributed by atoms with Crippen molar-refractivity contribution in [3.8, 4) is 5.69 Å². The van der Waals surface area contributed by atoms with E-state index in [1.165, 1.54) is 0 Å². The number of hydrogen-bond acceptors (Lipinski definition) is 1. The summed E-state index contributed by atoms with van der Waals surface area (Å²) < 4.78 is 1.82. The summed E-state index contributed by atoms with van der Waals surface area (Å²) in [7, 11) is 0. The minimum Gasteiger partial charge on any atom is -0.277 e. The first-order valence-electron chi connectivity index (χ1n) is 7.61. The Morgan fingerprint density at radius 2 is 1.45 bits per heavy atom. The van der Waals surface area contributed by atoms with E-state index in [1.54, 1.807) is 0 Å². The van der Waals surface area contributed by atoms with Crippen LogP contribution in [0.25, 0.3) is 16.6 Å². The molecule has 0 saturated heterocycles. The Morgan fingerprint density at radius 1 is 0.864 bits per heavy atom. The predicted molar refractivity (Wildman–Crippen MR) is 93.0 cm³/mol. The summed E-state index contributed by atoms with van der Waals surface area (Å²) in [5.41, 5.74) is 3.84. The molecule has 0 unspecified atom stereocenters. The van der Waals surface area contributed by atoms with E-state index in [4.69, 9.17) is 0 Å². The Morgan fingerprint density at radius 3 is 2.09 bits per heavy atom. The number of fused-ring (bicyclic) bond motifs is 1. The minimum atomic E-state index is -0.0708. The molecule has 0 atom stereocenters. The van der Waals surface area contributed by atoms with E-state index < -0.39 is 0 Å². The van der Waals surface area contributed by atoms with Crippen LogP contribution in [0.2, 0.25) is 0 Å². The average Bonchev–Trinajstić information content (AvgIpc) is 2.48. The average molecular weight is 291 g/mol. The molecule has 0 aliphatic carbocycles. The molecule has 3 aromatic rings. The lowest BCUT2D eigenvalue weighted by molar-refractivity contribution is 0.589. The summed E-state index contributed by atoms with van der Waals surface area (Å²) in [6.45, 7) is 8.42. The number of pyridine rings is 1. The monoisotopic (exact) mass is 291 g/mol. The first-order valence-corrected chi connectivity index (χ1v) is 7.61. The van der Waals surface area contributed by atoms with E-state index in [0.717, 1.165) is 27.7 Å². The summed E-state index contributed by atoms with van der Waals surface area (Å²) in [4.78, 5) is 13.0. The van der Waals surface area contributed by atoms with E-state index >= 15 is 0 Å². The topological polar surface area (TPSA) is 22.0 Å². The zero-order valence-electron chi connectivity index (χ0n) is 13.6. The van der Waals surface area contributed by atoms with Crippen LogP contribution in [0.5, 0.6) is 0 Å². The van der Waals surface area contributed by atoms with E-state index in [0.29, 0.717) is 0 Å². The normalized spacial score (nSPS) is 11.8. The predicted octanol–water partition coefficient (Wildman–Crippen LogP) is 4.60. The van der Waals surface area contributed by atoms with Crippen LogP contribution in [0.3, 0.4) is 0 Å². The summed E-state index contributed by atoms with van der Waals surface area (Å²) in [5, 5.41) is 1.15. The maximum Gasteiger partial charge on any atom is 0.258 e. The van der Waals surface area contributed by atoms with Crippen LogP contribution in [-0.2, 0) is 5.41 Å². The largest absolute Gasteiger partial charge is 0.277 e. The highest BCUT2D eigenvalue weighted by Gasteiger charge is 2.23. The molecular weight excluding hydrogens is 270 g/mol. The van der Waals surface area contributed by atoms with Crippen LogP contribution in [0.4, 0.5) is 0 Å². The summed E-state index contributed by atoms with van der Waals surface area (Å²) in [6.07, 6.45) is 0. The van der Waals surface area contributed by atoms with Gasteiger partial charge < -0.3 is 0 Å². The molecule has 2 nitrogen and oxygen atoms in total. The van der Waals surface area contributed by atoms with Gasteiger partial charge in [-0.1, -0.05) is 57.2 Å². The van der Waals surface area contributed by atoms with Crippen molar-refractivity contribution in [2.24, 2.45) is 0 Å². The smallest absolute Gasteiger partial charge is 0.258 e. The third-order valence-electron chi connectivity index (χ3n) is 4.08. The fraction of sp³-hybridized carbons (Fsp3) is 0.250. The lowest BCUT2D eigenvalue weighted by atomic mass is 9.82. The molecule has 1 heterocycles. The first kappa shape index (κ1) is 14.6. The Hall–Kier alpha value is -2.35. The third-order valence-corrected chi connectivity index (χ3v) is 4.08. The second-order valence-electron chi connectivity index (χ2n) is 6.74. The quantitative estimate of drug-likeness (QED) is 0.642. The molecular formula is C20H21NO. The number of benzene rings is 2. The lowest BCUT2D eigenvalue weighted by Crippen LogP contribution is -2.27. The van der Waals surface area contributed by atoms with Crippen molar-refractivity contribution in [1.82, 2.24) is 4.57 Å². The van der Waals surface area contributed by atoms with Crippen LogP contribution in [0.1, 0.15) is 31.9 Å². The number of para-hydroxylation sites is 2. The number of rotatable bonds is 1. The number of aromatic nitrogens is 1. The molecule has 0 amide bonds. The SMILES string of the molecule is Cc1c(C(C)(C)C)c2ccccc2n(-c2ccccc2)c1=O. The van der Waals surface area contributed by atoms with Gasteiger partial charge in [-0.25, -0.2) is 0 Å². The zero-order valence-corrected chi connectivity index (χ0v) is 13.6. The molecule has 22 heavy (non-hydrogen) atoms. The van der Waals surface area contributed by atoms with Crippen molar-refractivity contribution in [3.05, 3.63) is 76.1 Å². The van der Waals surface area contributed by atoms with Crippen molar-refractivity contribution in [2.75, 3.05) is 0 Å². The third kappa shape index (κ3) is 2.25. The molecule has 2 heteroatoms. The van der Waals surface area contributed by atoms with E-state index in [1.807, 2.05) is 60.0 Å². The molecule has 2 aromatic carbocycles. The number of nitrogens with zero attached hydrogens (tertiary/aromatic N) is 1. The van der Waals surface area contributed by atoms with Gasteiger partial charge in [0.15, 0.2) is 0 Å². The van der Waals surface area contributed by atoms with Gasteiger partial charge in [0.05, 0.1) is 5.52 Å². The van der Waals surface area contributed by atoms with Crippen molar-refractivity contribution in [2.45, 2.75) is 33.1 Å². The standard InChI is InChI=1S/C20H21NO/c1-14-18(20(2,3)4)16-12-8-9-13-17(16)21(19(14)22)15-10-6-5-7-11-15/h5-13H,1-4H3. The van der Waals surface area contributed by atoms with Crippen molar-refractivity contribution in [3.63, 3.8) is 0 Å². The lowest BCUT2D eigenvalue weighted by Gasteiger charge is -2.25.